The Hall–Kier alpha value is -3.94. The van der Waals surface area contributed by atoms with E-state index in [2.05, 4.69) is 4.98 Å². The number of benzene rings is 2. The van der Waals surface area contributed by atoms with Crippen LogP contribution in [0.3, 0.4) is 0 Å². The summed E-state index contributed by atoms with van der Waals surface area (Å²) < 4.78 is 1.38. The Labute approximate surface area is 165 Å². The van der Waals surface area contributed by atoms with Gasteiger partial charge in [0.25, 0.3) is 0 Å². The number of aromatic nitrogens is 2. The van der Waals surface area contributed by atoms with Gasteiger partial charge in [-0.3, -0.25) is 0 Å². The number of carboxylic acids is 3. The zero-order valence-corrected chi connectivity index (χ0v) is 15.5. The zero-order chi connectivity index (χ0) is 21.1. The zero-order valence-electron chi connectivity index (χ0n) is 15.5. The van der Waals surface area contributed by atoms with Crippen molar-refractivity contribution in [2.24, 2.45) is 0 Å². The molecule has 3 rings (SSSR count). The van der Waals surface area contributed by atoms with E-state index in [1.807, 2.05) is 0 Å². The molecular weight excluding hydrogens is 376 g/mol. The third-order valence-corrected chi connectivity index (χ3v) is 4.53. The number of hydrogen-bond acceptors (Lipinski definition) is 4. The fourth-order valence-electron chi connectivity index (χ4n) is 3.20. The average Bonchev–Trinajstić information content (AvgIpc) is 3.07. The molecule has 29 heavy (non-hydrogen) atoms. The minimum Gasteiger partial charge on any atom is -0.478 e. The standard InChI is InChI=1S/C21H18N2O6/c1-2-16-22-17(20(26)27)18(21(28)29)23(16)11-12-7-9-13(10-8-12)14-5-3-4-6-15(14)19(24)25/h3-10H,2,11H2,1H3,(H,24,25)(H,26,27)(H,28,29). The van der Waals surface area contributed by atoms with E-state index in [0.717, 1.165) is 5.56 Å². The normalized spacial score (nSPS) is 10.7. The monoisotopic (exact) mass is 394 g/mol. The predicted molar refractivity (Wildman–Crippen MR) is 103 cm³/mol. The summed E-state index contributed by atoms with van der Waals surface area (Å²) in [5.41, 5.74) is 1.34. The Morgan fingerprint density at radius 2 is 1.55 bits per heavy atom. The summed E-state index contributed by atoms with van der Waals surface area (Å²) >= 11 is 0. The van der Waals surface area contributed by atoms with Gasteiger partial charge >= 0.3 is 17.9 Å². The number of rotatable bonds is 7. The number of carbonyl (C=O) groups is 3. The summed E-state index contributed by atoms with van der Waals surface area (Å²) in [6.45, 7) is 1.90. The first-order valence-electron chi connectivity index (χ1n) is 8.81. The number of hydrogen-bond donors (Lipinski definition) is 3. The van der Waals surface area contributed by atoms with Gasteiger partial charge in [-0.25, -0.2) is 19.4 Å². The third kappa shape index (κ3) is 3.86. The molecule has 0 aliphatic carbocycles. The first-order chi connectivity index (χ1) is 13.8. The SMILES string of the molecule is CCc1nc(C(=O)O)c(C(=O)O)n1Cc1ccc(-c2ccccc2C(=O)O)cc1. The Morgan fingerprint density at radius 1 is 0.897 bits per heavy atom. The van der Waals surface area contributed by atoms with Gasteiger partial charge in [-0.15, -0.1) is 0 Å². The second kappa shape index (κ2) is 7.97. The minimum atomic E-state index is -1.39. The van der Waals surface area contributed by atoms with Crippen molar-refractivity contribution in [1.29, 1.82) is 0 Å². The molecule has 0 aliphatic heterocycles. The first kappa shape index (κ1) is 19.8. The lowest BCUT2D eigenvalue weighted by Crippen LogP contribution is -2.15. The highest BCUT2D eigenvalue weighted by Gasteiger charge is 2.26. The van der Waals surface area contributed by atoms with Gasteiger partial charge in [-0.2, -0.15) is 0 Å². The molecule has 0 radical (unpaired) electrons. The lowest BCUT2D eigenvalue weighted by molar-refractivity contribution is 0.0640. The summed E-state index contributed by atoms with van der Waals surface area (Å²) in [4.78, 5) is 38.4. The molecule has 0 bridgehead atoms. The molecule has 0 saturated carbocycles. The second-order valence-electron chi connectivity index (χ2n) is 6.32. The van der Waals surface area contributed by atoms with E-state index in [0.29, 0.717) is 23.4 Å². The van der Waals surface area contributed by atoms with E-state index in [9.17, 15) is 29.7 Å². The maximum Gasteiger partial charge on any atom is 0.357 e. The van der Waals surface area contributed by atoms with E-state index >= 15 is 0 Å². The van der Waals surface area contributed by atoms with Crippen LogP contribution in [0.4, 0.5) is 0 Å². The van der Waals surface area contributed by atoms with Crippen molar-refractivity contribution in [3.05, 3.63) is 76.9 Å². The summed E-state index contributed by atoms with van der Waals surface area (Å²) in [7, 11) is 0. The van der Waals surface area contributed by atoms with Crippen LogP contribution in [-0.2, 0) is 13.0 Å². The minimum absolute atomic E-state index is 0.131. The van der Waals surface area contributed by atoms with Crippen molar-refractivity contribution in [3.63, 3.8) is 0 Å². The second-order valence-corrected chi connectivity index (χ2v) is 6.32. The molecule has 148 valence electrons. The summed E-state index contributed by atoms with van der Waals surface area (Å²) in [6, 6.07) is 13.6. The van der Waals surface area contributed by atoms with Gasteiger partial charge in [0.2, 0.25) is 0 Å². The van der Waals surface area contributed by atoms with Crippen LogP contribution in [0.2, 0.25) is 0 Å². The lowest BCUT2D eigenvalue weighted by Gasteiger charge is -2.11. The first-order valence-corrected chi connectivity index (χ1v) is 8.81. The van der Waals surface area contributed by atoms with Crippen LogP contribution in [0.5, 0.6) is 0 Å². The van der Waals surface area contributed by atoms with Gasteiger partial charge in [0, 0.05) is 13.0 Å². The Morgan fingerprint density at radius 3 is 2.10 bits per heavy atom. The summed E-state index contributed by atoms with van der Waals surface area (Å²) in [6.07, 6.45) is 0.373. The van der Waals surface area contributed by atoms with E-state index in [1.165, 1.54) is 10.6 Å². The highest BCUT2D eigenvalue weighted by atomic mass is 16.4. The van der Waals surface area contributed by atoms with E-state index < -0.39 is 23.6 Å². The number of aryl methyl sites for hydroxylation is 1. The molecule has 1 heterocycles. The molecule has 0 unspecified atom stereocenters. The van der Waals surface area contributed by atoms with E-state index in [4.69, 9.17) is 0 Å². The van der Waals surface area contributed by atoms with Crippen LogP contribution in [-0.4, -0.2) is 42.8 Å². The predicted octanol–water partition coefficient (Wildman–Crippen LogP) is 3.26. The summed E-state index contributed by atoms with van der Waals surface area (Å²) in [5.74, 6) is -3.42. The molecule has 2 aromatic carbocycles. The van der Waals surface area contributed by atoms with Crippen molar-refractivity contribution in [2.45, 2.75) is 19.9 Å². The quantitative estimate of drug-likeness (QED) is 0.561. The fraction of sp³-hybridized carbons (Fsp3) is 0.143. The molecule has 0 spiro atoms. The smallest absolute Gasteiger partial charge is 0.357 e. The molecule has 8 heteroatoms. The fourth-order valence-corrected chi connectivity index (χ4v) is 3.20. The largest absolute Gasteiger partial charge is 0.478 e. The number of nitrogens with zero attached hydrogens (tertiary/aromatic N) is 2. The highest BCUT2D eigenvalue weighted by molar-refractivity contribution is 5.99. The van der Waals surface area contributed by atoms with E-state index in [-0.39, 0.29) is 17.8 Å². The van der Waals surface area contributed by atoms with Crippen molar-refractivity contribution < 1.29 is 29.7 Å². The molecule has 8 nitrogen and oxygen atoms in total. The van der Waals surface area contributed by atoms with Crippen molar-refractivity contribution in [3.8, 4) is 11.1 Å². The number of imidazole rings is 1. The molecule has 0 aliphatic rings. The Bertz CT molecular complexity index is 1100. The van der Waals surface area contributed by atoms with Crippen molar-refractivity contribution in [1.82, 2.24) is 9.55 Å². The molecule has 1 aromatic heterocycles. The van der Waals surface area contributed by atoms with Gasteiger partial charge in [0.15, 0.2) is 11.4 Å². The maximum absolute atomic E-state index is 11.6. The summed E-state index contributed by atoms with van der Waals surface area (Å²) in [5, 5.41) is 28.1. The van der Waals surface area contributed by atoms with Gasteiger partial charge < -0.3 is 19.9 Å². The van der Waals surface area contributed by atoms with Crippen LogP contribution >= 0.6 is 0 Å². The third-order valence-electron chi connectivity index (χ3n) is 4.53. The Kier molecular flexibility index (Phi) is 5.45. The van der Waals surface area contributed by atoms with Gasteiger partial charge in [-0.1, -0.05) is 49.4 Å². The Balaban J connectivity index is 1.98. The molecule has 0 saturated heterocycles. The molecule has 0 amide bonds. The van der Waals surface area contributed by atoms with Gasteiger partial charge in [0.1, 0.15) is 5.82 Å². The molecule has 3 aromatic rings. The molecule has 0 atom stereocenters. The molecule has 0 fully saturated rings. The van der Waals surface area contributed by atoms with Crippen LogP contribution in [0.1, 0.15) is 49.6 Å². The van der Waals surface area contributed by atoms with Crippen molar-refractivity contribution >= 4 is 17.9 Å². The van der Waals surface area contributed by atoms with Crippen molar-refractivity contribution in [2.75, 3.05) is 0 Å². The van der Waals surface area contributed by atoms with E-state index in [1.54, 1.807) is 49.4 Å². The lowest BCUT2D eigenvalue weighted by atomic mass is 9.99. The van der Waals surface area contributed by atoms with Gasteiger partial charge in [0.05, 0.1) is 5.56 Å². The topological polar surface area (TPSA) is 130 Å². The van der Waals surface area contributed by atoms with Crippen LogP contribution < -0.4 is 0 Å². The van der Waals surface area contributed by atoms with Gasteiger partial charge in [-0.05, 0) is 22.8 Å². The number of carboxylic acid groups (broad SMARTS) is 3. The molecular formula is C21H18N2O6. The van der Waals surface area contributed by atoms with Crippen LogP contribution in [0.15, 0.2) is 48.5 Å². The van der Waals surface area contributed by atoms with Crippen LogP contribution in [0.25, 0.3) is 11.1 Å². The number of aromatic carboxylic acids is 3. The molecule has 3 N–H and O–H groups in total. The maximum atomic E-state index is 11.6. The van der Waals surface area contributed by atoms with Crippen LogP contribution in [0, 0.1) is 0 Å². The average molecular weight is 394 g/mol. The highest BCUT2D eigenvalue weighted by Crippen LogP contribution is 2.25.